The molecule has 0 aliphatic rings. The van der Waals surface area contributed by atoms with Gasteiger partial charge in [0, 0.05) is 32.0 Å². The topological polar surface area (TPSA) is 62.5 Å². The molecule has 0 aromatic carbocycles. The van der Waals surface area contributed by atoms with Gasteiger partial charge in [-0.25, -0.2) is 8.42 Å². The van der Waals surface area contributed by atoms with Crippen LogP contribution in [0.2, 0.25) is 0 Å². The van der Waals surface area contributed by atoms with E-state index in [1.807, 2.05) is 13.8 Å². The SMILES string of the molecule is CCCN(CC)S(=O)(=O)c1cc(CO)n(C)c1. The lowest BCUT2D eigenvalue weighted by Crippen LogP contribution is -2.31. The maximum Gasteiger partial charge on any atom is 0.244 e. The van der Waals surface area contributed by atoms with Gasteiger partial charge in [-0.15, -0.1) is 0 Å². The fourth-order valence-electron chi connectivity index (χ4n) is 1.72. The van der Waals surface area contributed by atoms with Crippen LogP contribution in [0.25, 0.3) is 0 Å². The second kappa shape index (κ2) is 5.66. The van der Waals surface area contributed by atoms with Crippen molar-refractivity contribution in [2.75, 3.05) is 13.1 Å². The molecule has 0 unspecified atom stereocenters. The number of rotatable bonds is 6. The predicted octanol–water partition coefficient (Wildman–Crippen LogP) is 0.938. The molecule has 0 bridgehead atoms. The third-order valence-electron chi connectivity index (χ3n) is 2.71. The highest BCUT2D eigenvalue weighted by Gasteiger charge is 2.24. The van der Waals surface area contributed by atoms with Crippen LogP contribution in [0.1, 0.15) is 26.0 Å². The minimum Gasteiger partial charge on any atom is -0.390 e. The molecule has 0 fully saturated rings. The predicted molar refractivity (Wildman–Crippen MR) is 66.1 cm³/mol. The first kappa shape index (κ1) is 14.2. The highest BCUT2D eigenvalue weighted by Crippen LogP contribution is 2.18. The van der Waals surface area contributed by atoms with Gasteiger partial charge in [-0.1, -0.05) is 13.8 Å². The van der Waals surface area contributed by atoms with Gasteiger partial charge < -0.3 is 9.67 Å². The molecule has 1 N–H and O–H groups in total. The van der Waals surface area contributed by atoms with Crippen molar-refractivity contribution in [3.05, 3.63) is 18.0 Å². The Morgan fingerprint density at radius 1 is 1.41 bits per heavy atom. The zero-order valence-electron chi connectivity index (χ0n) is 10.5. The quantitative estimate of drug-likeness (QED) is 0.828. The Labute approximate surface area is 103 Å². The van der Waals surface area contributed by atoms with Crippen molar-refractivity contribution in [3.8, 4) is 0 Å². The number of aliphatic hydroxyl groups is 1. The third-order valence-corrected chi connectivity index (χ3v) is 4.65. The van der Waals surface area contributed by atoms with Crippen LogP contribution >= 0.6 is 0 Å². The monoisotopic (exact) mass is 260 g/mol. The van der Waals surface area contributed by atoms with E-state index >= 15 is 0 Å². The van der Waals surface area contributed by atoms with Crippen molar-refractivity contribution < 1.29 is 13.5 Å². The number of hydrogen-bond donors (Lipinski definition) is 1. The summed E-state index contributed by atoms with van der Waals surface area (Å²) in [5.41, 5.74) is 0.594. The van der Waals surface area contributed by atoms with E-state index < -0.39 is 10.0 Å². The van der Waals surface area contributed by atoms with Crippen LogP contribution in [0.15, 0.2) is 17.2 Å². The average Bonchev–Trinajstić information content (AvgIpc) is 2.67. The average molecular weight is 260 g/mol. The van der Waals surface area contributed by atoms with Gasteiger partial charge in [0.05, 0.1) is 6.61 Å². The molecular formula is C11H20N2O3S. The molecule has 0 aliphatic carbocycles. The number of hydrogen-bond acceptors (Lipinski definition) is 3. The summed E-state index contributed by atoms with van der Waals surface area (Å²) in [5, 5.41) is 9.07. The van der Waals surface area contributed by atoms with E-state index in [0.717, 1.165) is 6.42 Å². The summed E-state index contributed by atoms with van der Waals surface area (Å²) < 4.78 is 27.6. The molecule has 6 heteroatoms. The minimum atomic E-state index is -3.42. The summed E-state index contributed by atoms with van der Waals surface area (Å²) in [7, 11) is -1.70. The van der Waals surface area contributed by atoms with E-state index in [2.05, 4.69) is 0 Å². The maximum atomic E-state index is 12.3. The lowest BCUT2D eigenvalue weighted by molar-refractivity contribution is 0.272. The maximum absolute atomic E-state index is 12.3. The summed E-state index contributed by atoms with van der Waals surface area (Å²) in [4.78, 5) is 0.249. The summed E-state index contributed by atoms with van der Waals surface area (Å²) in [6.45, 7) is 4.58. The van der Waals surface area contributed by atoms with Crippen molar-refractivity contribution in [1.82, 2.24) is 8.87 Å². The molecule has 0 atom stereocenters. The second-order valence-electron chi connectivity index (χ2n) is 3.93. The fraction of sp³-hybridized carbons (Fsp3) is 0.636. The van der Waals surface area contributed by atoms with Crippen LogP contribution in [0.5, 0.6) is 0 Å². The van der Waals surface area contributed by atoms with Crippen molar-refractivity contribution in [3.63, 3.8) is 0 Å². The number of aliphatic hydroxyl groups excluding tert-OH is 1. The standard InChI is InChI=1S/C11H20N2O3S/c1-4-6-13(5-2)17(15,16)11-7-10(9-14)12(3)8-11/h7-8,14H,4-6,9H2,1-3H3. The third kappa shape index (κ3) is 2.88. The molecule has 5 nitrogen and oxygen atoms in total. The Hall–Kier alpha value is -0.850. The summed E-state index contributed by atoms with van der Waals surface area (Å²) in [6, 6.07) is 1.52. The lowest BCUT2D eigenvalue weighted by Gasteiger charge is -2.18. The van der Waals surface area contributed by atoms with E-state index in [1.165, 1.54) is 10.4 Å². The number of aromatic nitrogens is 1. The first-order valence-electron chi connectivity index (χ1n) is 5.73. The van der Waals surface area contributed by atoms with Gasteiger partial charge in [-0.2, -0.15) is 4.31 Å². The summed E-state index contributed by atoms with van der Waals surface area (Å²) >= 11 is 0. The molecule has 1 aromatic heterocycles. The van der Waals surface area contributed by atoms with E-state index in [9.17, 15) is 8.42 Å². The van der Waals surface area contributed by atoms with Gasteiger partial charge in [0.2, 0.25) is 10.0 Å². The van der Waals surface area contributed by atoms with Gasteiger partial charge in [0.1, 0.15) is 4.90 Å². The van der Waals surface area contributed by atoms with E-state index in [1.54, 1.807) is 17.8 Å². The molecule has 1 heterocycles. The van der Waals surface area contributed by atoms with Crippen molar-refractivity contribution in [2.45, 2.75) is 31.8 Å². The molecule has 0 saturated carbocycles. The Balaban J connectivity index is 3.11. The van der Waals surface area contributed by atoms with E-state index in [-0.39, 0.29) is 11.5 Å². The molecule has 0 spiro atoms. The zero-order chi connectivity index (χ0) is 13.1. The number of nitrogens with zero attached hydrogens (tertiary/aromatic N) is 2. The van der Waals surface area contributed by atoms with Crippen molar-refractivity contribution in [1.29, 1.82) is 0 Å². The van der Waals surface area contributed by atoms with Crippen LogP contribution in [-0.4, -0.2) is 35.5 Å². The van der Waals surface area contributed by atoms with Crippen molar-refractivity contribution in [2.24, 2.45) is 7.05 Å². The Kier molecular flexibility index (Phi) is 4.73. The Morgan fingerprint density at radius 2 is 2.06 bits per heavy atom. The van der Waals surface area contributed by atoms with E-state index in [4.69, 9.17) is 5.11 Å². The smallest absolute Gasteiger partial charge is 0.244 e. The highest BCUT2D eigenvalue weighted by atomic mass is 32.2. The zero-order valence-corrected chi connectivity index (χ0v) is 11.4. The van der Waals surface area contributed by atoms with Crippen molar-refractivity contribution >= 4 is 10.0 Å². The van der Waals surface area contributed by atoms with Crippen LogP contribution in [-0.2, 0) is 23.7 Å². The molecule has 0 radical (unpaired) electrons. The minimum absolute atomic E-state index is 0.161. The largest absolute Gasteiger partial charge is 0.390 e. The first-order valence-corrected chi connectivity index (χ1v) is 7.17. The fourth-order valence-corrected chi connectivity index (χ4v) is 3.36. The molecule has 17 heavy (non-hydrogen) atoms. The molecule has 1 aromatic rings. The van der Waals surface area contributed by atoms with Crippen LogP contribution < -0.4 is 0 Å². The molecule has 0 aliphatic heterocycles. The molecule has 0 saturated heterocycles. The Morgan fingerprint density at radius 3 is 2.47 bits per heavy atom. The molecule has 98 valence electrons. The first-order chi connectivity index (χ1) is 7.97. The molecule has 1 rings (SSSR count). The normalized spacial score (nSPS) is 12.3. The molecular weight excluding hydrogens is 240 g/mol. The van der Waals surface area contributed by atoms with Crippen LogP contribution in [0, 0.1) is 0 Å². The van der Waals surface area contributed by atoms with Gasteiger partial charge in [-0.3, -0.25) is 0 Å². The summed E-state index contributed by atoms with van der Waals surface area (Å²) in [6.07, 6.45) is 2.33. The lowest BCUT2D eigenvalue weighted by atomic mass is 10.5. The highest BCUT2D eigenvalue weighted by molar-refractivity contribution is 7.89. The summed E-state index contributed by atoms with van der Waals surface area (Å²) in [5.74, 6) is 0. The van der Waals surface area contributed by atoms with E-state index in [0.29, 0.717) is 18.8 Å². The van der Waals surface area contributed by atoms with Crippen LogP contribution in [0.4, 0.5) is 0 Å². The Bertz CT molecular complexity index is 465. The van der Waals surface area contributed by atoms with Gasteiger partial charge in [0.25, 0.3) is 0 Å². The number of aryl methyl sites for hydroxylation is 1. The van der Waals surface area contributed by atoms with Gasteiger partial charge in [-0.05, 0) is 12.5 Å². The molecule has 0 amide bonds. The number of sulfonamides is 1. The van der Waals surface area contributed by atoms with Crippen LogP contribution in [0.3, 0.4) is 0 Å². The van der Waals surface area contributed by atoms with Gasteiger partial charge >= 0.3 is 0 Å². The second-order valence-corrected chi connectivity index (χ2v) is 5.87. The van der Waals surface area contributed by atoms with Gasteiger partial charge in [0.15, 0.2) is 0 Å².